The van der Waals surface area contributed by atoms with E-state index in [1.54, 1.807) is 18.7 Å². The number of Topliss-reactive ketones (excluding diaryl/α,β-unsaturated/α-hetero) is 1. The minimum absolute atomic E-state index is 0.199. The molecule has 0 saturated heterocycles. The van der Waals surface area contributed by atoms with Gasteiger partial charge in [0.1, 0.15) is 5.78 Å². The van der Waals surface area contributed by atoms with E-state index in [1.165, 1.54) is 0 Å². The molecule has 1 unspecified atom stereocenters. The average molecular weight is 146 g/mol. The molecule has 0 aliphatic heterocycles. The summed E-state index contributed by atoms with van der Waals surface area (Å²) in [4.78, 5) is 10.8. The highest BCUT2D eigenvalue weighted by molar-refractivity contribution is 7.99. The number of hydrogen-bond acceptors (Lipinski definition) is 2. The van der Waals surface area contributed by atoms with Crippen LogP contribution in [-0.4, -0.2) is 17.3 Å². The molecule has 0 aromatic rings. The molecule has 1 atom stereocenters. The van der Waals surface area contributed by atoms with E-state index in [2.05, 4.69) is 13.8 Å². The summed E-state index contributed by atoms with van der Waals surface area (Å²) in [6.07, 6.45) is 1.98. The monoisotopic (exact) mass is 146 g/mol. The molecule has 0 aromatic carbocycles. The van der Waals surface area contributed by atoms with Crippen LogP contribution in [0.25, 0.3) is 0 Å². The fraction of sp³-hybridized carbons (Fsp3) is 0.857. The van der Waals surface area contributed by atoms with E-state index in [0.717, 1.165) is 0 Å². The smallest absolute Gasteiger partial charge is 0.142 e. The molecule has 0 aliphatic carbocycles. The standard InChI is InChI=1S/C7H14OS/c1-5(2)7(9-4)6(3)8/h5,7H,1-4H3. The van der Waals surface area contributed by atoms with E-state index >= 15 is 0 Å². The molecule has 0 aromatic heterocycles. The molecule has 0 radical (unpaired) electrons. The molecule has 2 heteroatoms. The predicted octanol–water partition coefficient (Wildman–Crippen LogP) is 1.96. The Morgan fingerprint density at radius 3 is 1.89 bits per heavy atom. The van der Waals surface area contributed by atoms with Gasteiger partial charge in [-0.15, -0.1) is 0 Å². The topological polar surface area (TPSA) is 17.1 Å². The zero-order chi connectivity index (χ0) is 7.44. The zero-order valence-electron chi connectivity index (χ0n) is 6.47. The minimum atomic E-state index is 0.199. The molecule has 0 N–H and O–H groups in total. The van der Waals surface area contributed by atoms with Gasteiger partial charge in [0.05, 0.1) is 5.25 Å². The molecule has 0 rings (SSSR count). The summed E-state index contributed by atoms with van der Waals surface area (Å²) in [7, 11) is 0. The zero-order valence-corrected chi connectivity index (χ0v) is 7.29. The number of hydrogen-bond donors (Lipinski definition) is 0. The summed E-state index contributed by atoms with van der Waals surface area (Å²) in [5, 5.41) is 0.199. The number of carbonyl (C=O) groups excluding carboxylic acids is 1. The van der Waals surface area contributed by atoms with Gasteiger partial charge in [0.25, 0.3) is 0 Å². The highest BCUT2D eigenvalue weighted by atomic mass is 32.2. The van der Waals surface area contributed by atoms with Crippen molar-refractivity contribution in [3.05, 3.63) is 0 Å². The van der Waals surface area contributed by atoms with Crippen molar-refractivity contribution in [2.75, 3.05) is 6.26 Å². The fourth-order valence-electron chi connectivity index (χ4n) is 0.908. The van der Waals surface area contributed by atoms with Crippen LogP contribution in [-0.2, 0) is 4.79 Å². The van der Waals surface area contributed by atoms with Gasteiger partial charge in [-0.1, -0.05) is 13.8 Å². The van der Waals surface area contributed by atoms with Crippen molar-refractivity contribution in [1.82, 2.24) is 0 Å². The molecule has 0 spiro atoms. The first-order valence-electron chi connectivity index (χ1n) is 3.12. The van der Waals surface area contributed by atoms with E-state index in [-0.39, 0.29) is 11.0 Å². The van der Waals surface area contributed by atoms with Crippen LogP contribution in [0.1, 0.15) is 20.8 Å². The molecular weight excluding hydrogens is 132 g/mol. The van der Waals surface area contributed by atoms with Crippen LogP contribution in [0.5, 0.6) is 0 Å². The average Bonchev–Trinajstić information content (AvgIpc) is 1.64. The van der Waals surface area contributed by atoms with Gasteiger partial charge in [0, 0.05) is 0 Å². The minimum Gasteiger partial charge on any atom is -0.299 e. The lowest BCUT2D eigenvalue weighted by Crippen LogP contribution is -2.19. The predicted molar refractivity (Wildman–Crippen MR) is 42.8 cm³/mol. The van der Waals surface area contributed by atoms with Crippen LogP contribution in [0.2, 0.25) is 0 Å². The first kappa shape index (κ1) is 9.02. The molecule has 0 bridgehead atoms. The Kier molecular flexibility index (Phi) is 3.95. The quantitative estimate of drug-likeness (QED) is 0.605. The van der Waals surface area contributed by atoms with E-state index < -0.39 is 0 Å². The molecule has 0 fully saturated rings. The summed E-state index contributed by atoms with van der Waals surface area (Å²) in [5.74, 6) is 0.759. The van der Waals surface area contributed by atoms with Gasteiger partial charge in [0.2, 0.25) is 0 Å². The van der Waals surface area contributed by atoms with Gasteiger partial charge >= 0.3 is 0 Å². The fourth-order valence-corrected chi connectivity index (χ4v) is 1.78. The van der Waals surface area contributed by atoms with Crippen molar-refractivity contribution in [2.24, 2.45) is 5.92 Å². The van der Waals surface area contributed by atoms with Gasteiger partial charge in [-0.25, -0.2) is 0 Å². The second-order valence-electron chi connectivity index (χ2n) is 2.51. The van der Waals surface area contributed by atoms with E-state index in [9.17, 15) is 4.79 Å². The lowest BCUT2D eigenvalue weighted by atomic mass is 10.1. The van der Waals surface area contributed by atoms with Crippen LogP contribution < -0.4 is 0 Å². The maximum Gasteiger partial charge on any atom is 0.142 e. The van der Waals surface area contributed by atoms with Gasteiger partial charge in [-0.2, -0.15) is 11.8 Å². The summed E-state index contributed by atoms with van der Waals surface area (Å²) < 4.78 is 0. The molecule has 9 heavy (non-hydrogen) atoms. The maximum atomic E-state index is 10.8. The summed E-state index contributed by atoms with van der Waals surface area (Å²) in [6.45, 7) is 5.80. The largest absolute Gasteiger partial charge is 0.299 e. The number of carbonyl (C=O) groups is 1. The number of rotatable bonds is 3. The SMILES string of the molecule is CSC(C(C)=O)C(C)C. The number of ketones is 1. The lowest BCUT2D eigenvalue weighted by molar-refractivity contribution is -0.117. The third-order valence-electron chi connectivity index (χ3n) is 1.26. The van der Waals surface area contributed by atoms with Crippen molar-refractivity contribution >= 4 is 17.5 Å². The molecule has 0 amide bonds. The van der Waals surface area contributed by atoms with E-state index in [1.807, 2.05) is 6.26 Å². The first-order chi connectivity index (χ1) is 4.09. The Labute approximate surface area is 61.2 Å². The maximum absolute atomic E-state index is 10.8. The highest BCUT2D eigenvalue weighted by Gasteiger charge is 2.15. The normalized spacial score (nSPS) is 13.9. The van der Waals surface area contributed by atoms with Crippen molar-refractivity contribution in [1.29, 1.82) is 0 Å². The third-order valence-corrected chi connectivity index (χ3v) is 2.64. The summed E-state index contributed by atoms with van der Waals surface area (Å²) in [6, 6.07) is 0. The van der Waals surface area contributed by atoms with Crippen LogP contribution in [0.4, 0.5) is 0 Å². The summed E-state index contributed by atoms with van der Waals surface area (Å²) in [5.41, 5.74) is 0. The van der Waals surface area contributed by atoms with Crippen LogP contribution in [0.3, 0.4) is 0 Å². The van der Waals surface area contributed by atoms with Gasteiger partial charge in [-0.3, -0.25) is 4.79 Å². The van der Waals surface area contributed by atoms with Crippen LogP contribution in [0.15, 0.2) is 0 Å². The summed E-state index contributed by atoms with van der Waals surface area (Å²) >= 11 is 1.64. The molecule has 0 aliphatic rings. The Hall–Kier alpha value is 0.0200. The van der Waals surface area contributed by atoms with E-state index in [4.69, 9.17) is 0 Å². The third kappa shape index (κ3) is 2.89. The number of thioether (sulfide) groups is 1. The molecule has 1 nitrogen and oxygen atoms in total. The molecular formula is C7H14OS. The molecule has 0 saturated carbocycles. The molecule has 0 heterocycles. The lowest BCUT2D eigenvalue weighted by Gasteiger charge is -2.13. The Morgan fingerprint density at radius 2 is 1.89 bits per heavy atom. The van der Waals surface area contributed by atoms with Crippen molar-refractivity contribution in [2.45, 2.75) is 26.0 Å². The van der Waals surface area contributed by atoms with Crippen LogP contribution in [0, 0.1) is 5.92 Å². The van der Waals surface area contributed by atoms with E-state index in [0.29, 0.717) is 5.92 Å². The van der Waals surface area contributed by atoms with Gasteiger partial charge < -0.3 is 0 Å². The van der Waals surface area contributed by atoms with Crippen molar-refractivity contribution in [3.63, 3.8) is 0 Å². The first-order valence-corrected chi connectivity index (χ1v) is 4.41. The van der Waals surface area contributed by atoms with Gasteiger partial charge in [0.15, 0.2) is 0 Å². The Balaban J connectivity index is 3.83. The highest BCUT2D eigenvalue weighted by Crippen LogP contribution is 2.16. The Bertz CT molecular complexity index is 99.1. The van der Waals surface area contributed by atoms with Gasteiger partial charge in [-0.05, 0) is 19.1 Å². The Morgan fingerprint density at radius 1 is 1.44 bits per heavy atom. The second-order valence-corrected chi connectivity index (χ2v) is 3.49. The second kappa shape index (κ2) is 3.94. The molecule has 54 valence electrons. The van der Waals surface area contributed by atoms with Crippen molar-refractivity contribution in [3.8, 4) is 0 Å². The van der Waals surface area contributed by atoms with Crippen LogP contribution >= 0.6 is 11.8 Å². The van der Waals surface area contributed by atoms with Crippen molar-refractivity contribution < 1.29 is 4.79 Å².